The first-order valence-corrected chi connectivity index (χ1v) is 17.1. The van der Waals surface area contributed by atoms with Gasteiger partial charge in [0.1, 0.15) is 0 Å². The maximum atomic E-state index is 14.0. The van der Waals surface area contributed by atoms with E-state index in [-0.39, 0.29) is 11.4 Å². The molecule has 2 atom stereocenters. The number of aliphatic hydroxyl groups is 1. The molecule has 234 valence electrons. The second kappa shape index (κ2) is 11.8. The number of fused-ring (bicyclic) bond motifs is 1. The number of carbonyl (C=O) groups is 1. The van der Waals surface area contributed by atoms with Crippen molar-refractivity contribution in [1.82, 2.24) is 4.72 Å². The molecule has 0 saturated carbocycles. The molecule has 1 amide bonds. The van der Waals surface area contributed by atoms with Crippen LogP contribution in [0.5, 0.6) is 0 Å². The van der Waals surface area contributed by atoms with Gasteiger partial charge in [0, 0.05) is 35.8 Å². The fourth-order valence-electron chi connectivity index (χ4n) is 6.24. The van der Waals surface area contributed by atoms with Crippen LogP contribution in [0.15, 0.2) is 95.9 Å². The zero-order valence-electron chi connectivity index (χ0n) is 25.3. The number of carbonyl (C=O) groups excluding carboxylic acids is 1. The van der Waals surface area contributed by atoms with Crippen LogP contribution < -0.4 is 14.5 Å². The van der Waals surface area contributed by atoms with Crippen LogP contribution in [0.4, 0.5) is 11.4 Å². The van der Waals surface area contributed by atoms with E-state index in [1.807, 2.05) is 42.5 Å². The Kier molecular flexibility index (Phi) is 8.25. The average Bonchev–Trinajstić information content (AvgIpc) is 3.57. The summed E-state index contributed by atoms with van der Waals surface area (Å²) in [6, 6.07) is 27.0. The van der Waals surface area contributed by atoms with Crippen molar-refractivity contribution in [2.45, 2.75) is 55.7 Å². The second-order valence-corrected chi connectivity index (χ2v) is 15.3. The Balaban J connectivity index is 1.20. The summed E-state index contributed by atoms with van der Waals surface area (Å²) in [4.78, 5) is 18.0. The number of nitrogens with one attached hydrogen (secondary N) is 1. The number of hydrogen-bond acceptors (Lipinski definition) is 5. The molecule has 1 fully saturated rings. The van der Waals surface area contributed by atoms with Crippen LogP contribution in [0, 0.1) is 0 Å². The number of hydrogen-bond donors (Lipinski definition) is 2. The van der Waals surface area contributed by atoms with Gasteiger partial charge in [-0.1, -0.05) is 71.7 Å². The third-order valence-corrected chi connectivity index (χ3v) is 10.9. The molecule has 7 nitrogen and oxygen atoms in total. The minimum absolute atomic E-state index is 0.0572. The molecule has 0 bridgehead atoms. The molecule has 0 spiro atoms. The van der Waals surface area contributed by atoms with Crippen molar-refractivity contribution < 1.29 is 18.3 Å². The number of para-hydroxylation sites is 1. The molecular formula is C35H35Cl2N3O4S. The van der Waals surface area contributed by atoms with E-state index < -0.39 is 27.1 Å². The molecule has 4 aromatic carbocycles. The lowest BCUT2D eigenvalue weighted by molar-refractivity contribution is -0.132. The summed E-state index contributed by atoms with van der Waals surface area (Å²) in [6.07, 6.45) is 1.01. The first-order valence-electron chi connectivity index (χ1n) is 14.8. The van der Waals surface area contributed by atoms with Crippen LogP contribution in [-0.4, -0.2) is 38.1 Å². The summed E-state index contributed by atoms with van der Waals surface area (Å²) in [5.74, 6) is -0.125. The van der Waals surface area contributed by atoms with Crippen molar-refractivity contribution in [3.63, 3.8) is 0 Å². The molecule has 0 aromatic heterocycles. The quantitative estimate of drug-likeness (QED) is 0.226. The van der Waals surface area contributed by atoms with E-state index in [4.69, 9.17) is 23.2 Å². The van der Waals surface area contributed by atoms with E-state index in [9.17, 15) is 18.3 Å². The molecule has 2 N–H and O–H groups in total. The molecule has 2 heterocycles. The number of anilines is 2. The second-order valence-electron chi connectivity index (χ2n) is 12.8. The first-order chi connectivity index (χ1) is 21.3. The van der Waals surface area contributed by atoms with E-state index in [0.29, 0.717) is 32.8 Å². The Morgan fingerprint density at radius 3 is 2.29 bits per heavy atom. The Hall–Kier alpha value is -3.40. The highest BCUT2D eigenvalue weighted by atomic mass is 35.5. The van der Waals surface area contributed by atoms with Crippen LogP contribution in [0.3, 0.4) is 0 Å². The molecular weight excluding hydrogens is 629 g/mol. The standard InChI is InChI=1S/C35H35Cl2N3O4S/c1-34(2,3)38-45(43,44)28-15-11-26(12-16-28)35(42)29-6-4-5-7-32(29)40(33(35)41)21-23-8-13-27(14-9-23)39-19-18-25(22-39)24-10-17-30(36)31(37)20-24/h4-17,20,25,38,42H,18-19,21-22H2,1-3H3. The minimum atomic E-state index is -3.77. The lowest BCUT2D eigenvalue weighted by Gasteiger charge is -2.25. The van der Waals surface area contributed by atoms with Crippen LogP contribution in [0.2, 0.25) is 10.0 Å². The minimum Gasteiger partial charge on any atom is -0.372 e. The first kappa shape index (κ1) is 31.6. The number of halogens is 2. The maximum Gasteiger partial charge on any atom is 0.268 e. The van der Waals surface area contributed by atoms with E-state index in [1.54, 1.807) is 37.8 Å². The highest BCUT2D eigenvalue weighted by Crippen LogP contribution is 2.45. The smallest absolute Gasteiger partial charge is 0.268 e. The van der Waals surface area contributed by atoms with E-state index in [2.05, 4.69) is 21.8 Å². The highest BCUT2D eigenvalue weighted by molar-refractivity contribution is 7.89. The number of benzene rings is 4. The average molecular weight is 665 g/mol. The van der Waals surface area contributed by atoms with Gasteiger partial charge in [0.25, 0.3) is 5.91 Å². The lowest BCUT2D eigenvalue weighted by atomic mass is 9.87. The third kappa shape index (κ3) is 6.10. The Bertz CT molecular complexity index is 1860. The van der Waals surface area contributed by atoms with Gasteiger partial charge in [-0.3, -0.25) is 4.79 Å². The van der Waals surface area contributed by atoms with Crippen molar-refractivity contribution in [2.75, 3.05) is 22.9 Å². The van der Waals surface area contributed by atoms with E-state index >= 15 is 0 Å². The SMILES string of the molecule is CC(C)(C)NS(=O)(=O)c1ccc(C2(O)C(=O)N(Cc3ccc(N4CCC(c5ccc(Cl)c(Cl)c5)C4)cc3)c3ccccc32)cc1. The Labute approximate surface area is 274 Å². The molecule has 0 radical (unpaired) electrons. The molecule has 0 aliphatic carbocycles. The van der Waals surface area contributed by atoms with Crippen LogP contribution in [0.1, 0.15) is 55.4 Å². The van der Waals surface area contributed by atoms with Crippen molar-refractivity contribution in [3.05, 3.63) is 123 Å². The van der Waals surface area contributed by atoms with Gasteiger partial charge < -0.3 is 14.9 Å². The summed E-state index contributed by atoms with van der Waals surface area (Å²) in [7, 11) is -3.77. The third-order valence-electron chi connectivity index (χ3n) is 8.41. The van der Waals surface area contributed by atoms with Crippen molar-refractivity contribution in [1.29, 1.82) is 0 Å². The summed E-state index contributed by atoms with van der Waals surface area (Å²) in [5, 5.41) is 13.1. The zero-order chi connectivity index (χ0) is 32.1. The molecule has 2 aliphatic heterocycles. The van der Waals surface area contributed by atoms with Crippen LogP contribution in [0.25, 0.3) is 0 Å². The normalized spacial score (nSPS) is 20.1. The van der Waals surface area contributed by atoms with Gasteiger partial charge in [-0.05, 0) is 86.3 Å². The molecule has 2 aliphatic rings. The van der Waals surface area contributed by atoms with Gasteiger partial charge in [0.05, 0.1) is 27.2 Å². The van der Waals surface area contributed by atoms with Crippen molar-refractivity contribution in [3.8, 4) is 0 Å². The van der Waals surface area contributed by atoms with Crippen molar-refractivity contribution >= 4 is 50.5 Å². The maximum absolute atomic E-state index is 14.0. The predicted molar refractivity (Wildman–Crippen MR) is 180 cm³/mol. The molecule has 1 saturated heterocycles. The van der Waals surface area contributed by atoms with Crippen LogP contribution >= 0.6 is 23.2 Å². The summed E-state index contributed by atoms with van der Waals surface area (Å²) in [6.45, 7) is 7.35. The van der Waals surface area contributed by atoms with E-state index in [0.717, 1.165) is 30.8 Å². The Morgan fingerprint density at radius 1 is 0.933 bits per heavy atom. The molecule has 45 heavy (non-hydrogen) atoms. The van der Waals surface area contributed by atoms with Gasteiger partial charge in [0.15, 0.2) is 5.60 Å². The monoisotopic (exact) mass is 663 g/mol. The lowest BCUT2D eigenvalue weighted by Crippen LogP contribution is -2.41. The van der Waals surface area contributed by atoms with Gasteiger partial charge in [-0.2, -0.15) is 0 Å². The summed E-state index contributed by atoms with van der Waals surface area (Å²) < 4.78 is 28.3. The van der Waals surface area contributed by atoms with Gasteiger partial charge in [-0.25, -0.2) is 13.1 Å². The zero-order valence-corrected chi connectivity index (χ0v) is 27.6. The summed E-state index contributed by atoms with van der Waals surface area (Å²) >= 11 is 12.4. The topological polar surface area (TPSA) is 89.9 Å². The highest BCUT2D eigenvalue weighted by Gasteiger charge is 2.51. The molecule has 10 heteroatoms. The summed E-state index contributed by atoms with van der Waals surface area (Å²) in [5.41, 5.74) is 1.97. The largest absolute Gasteiger partial charge is 0.372 e. The van der Waals surface area contributed by atoms with Gasteiger partial charge >= 0.3 is 0 Å². The molecule has 2 unspecified atom stereocenters. The van der Waals surface area contributed by atoms with Crippen LogP contribution in [-0.2, 0) is 27.0 Å². The number of rotatable bonds is 7. The number of sulfonamides is 1. The fraction of sp³-hybridized carbons (Fsp3) is 0.286. The number of amides is 1. The molecule has 4 aromatic rings. The predicted octanol–water partition coefficient (Wildman–Crippen LogP) is 6.85. The van der Waals surface area contributed by atoms with Gasteiger partial charge in [-0.15, -0.1) is 0 Å². The van der Waals surface area contributed by atoms with Crippen molar-refractivity contribution in [2.24, 2.45) is 0 Å². The molecule has 6 rings (SSSR count). The fourth-order valence-corrected chi connectivity index (χ4v) is 7.96. The number of nitrogens with zero attached hydrogens (tertiary/aromatic N) is 2. The van der Waals surface area contributed by atoms with E-state index in [1.165, 1.54) is 29.8 Å². The van der Waals surface area contributed by atoms with Gasteiger partial charge in [0.2, 0.25) is 10.0 Å². The Morgan fingerprint density at radius 2 is 1.62 bits per heavy atom.